The van der Waals surface area contributed by atoms with Crippen LogP contribution in [0.15, 0.2) is 72.9 Å². The van der Waals surface area contributed by atoms with Gasteiger partial charge < -0.3 is 14.5 Å². The highest BCUT2D eigenvalue weighted by molar-refractivity contribution is 6.30. The van der Waals surface area contributed by atoms with Crippen molar-refractivity contribution in [2.24, 2.45) is 0 Å². The molecular formula is C25H20ClNO3. The third-order valence-electron chi connectivity index (χ3n) is 4.95. The van der Waals surface area contributed by atoms with Gasteiger partial charge in [-0.15, -0.1) is 0 Å². The molecule has 0 saturated carbocycles. The van der Waals surface area contributed by atoms with Crippen molar-refractivity contribution in [3.63, 3.8) is 0 Å². The third kappa shape index (κ3) is 3.70. The quantitative estimate of drug-likeness (QED) is 0.291. The minimum atomic E-state index is -0.170. The zero-order valence-corrected chi connectivity index (χ0v) is 17.4. The topological polar surface area (TPSA) is 51.3 Å². The number of nitrogens with one attached hydrogen (secondary N) is 1. The molecule has 4 aromatic rings. The minimum Gasteiger partial charge on any atom is -0.496 e. The van der Waals surface area contributed by atoms with Crippen LogP contribution in [0.5, 0.6) is 11.5 Å². The molecular weight excluding hydrogens is 398 g/mol. The summed E-state index contributed by atoms with van der Waals surface area (Å²) in [5.41, 5.74) is 4.01. The zero-order chi connectivity index (χ0) is 21.1. The molecule has 0 amide bonds. The molecule has 1 N–H and O–H groups in total. The number of hydrogen-bond acceptors (Lipinski definition) is 3. The lowest BCUT2D eigenvalue weighted by atomic mass is 9.99. The van der Waals surface area contributed by atoms with Crippen LogP contribution in [0.4, 0.5) is 0 Å². The first kappa shape index (κ1) is 19.8. The van der Waals surface area contributed by atoms with E-state index >= 15 is 0 Å². The van der Waals surface area contributed by atoms with Crippen LogP contribution in [0.2, 0.25) is 5.02 Å². The van der Waals surface area contributed by atoms with Crippen LogP contribution in [-0.4, -0.2) is 25.0 Å². The molecule has 30 heavy (non-hydrogen) atoms. The average molecular weight is 418 g/mol. The monoisotopic (exact) mass is 417 g/mol. The number of aromatic nitrogens is 1. The fourth-order valence-electron chi connectivity index (χ4n) is 3.50. The number of aromatic amines is 1. The first-order valence-corrected chi connectivity index (χ1v) is 9.79. The van der Waals surface area contributed by atoms with Crippen molar-refractivity contribution in [2.45, 2.75) is 0 Å². The van der Waals surface area contributed by atoms with Crippen LogP contribution in [0.1, 0.15) is 15.9 Å². The molecule has 150 valence electrons. The predicted molar refractivity (Wildman–Crippen MR) is 122 cm³/mol. The van der Waals surface area contributed by atoms with E-state index in [4.69, 9.17) is 21.1 Å². The van der Waals surface area contributed by atoms with Crippen LogP contribution in [0, 0.1) is 0 Å². The van der Waals surface area contributed by atoms with Crippen molar-refractivity contribution in [2.75, 3.05) is 14.2 Å². The minimum absolute atomic E-state index is 0.170. The lowest BCUT2D eigenvalue weighted by Crippen LogP contribution is -2.02. The van der Waals surface area contributed by atoms with E-state index in [1.54, 1.807) is 38.5 Å². The Hall–Kier alpha value is -3.50. The molecule has 0 atom stereocenters. The Balaban J connectivity index is 1.85. The summed E-state index contributed by atoms with van der Waals surface area (Å²) in [6, 6.07) is 19.0. The highest BCUT2D eigenvalue weighted by atomic mass is 35.5. The van der Waals surface area contributed by atoms with Gasteiger partial charge in [0, 0.05) is 22.8 Å². The van der Waals surface area contributed by atoms with Crippen molar-refractivity contribution in [1.82, 2.24) is 4.98 Å². The maximum atomic E-state index is 13.2. The fourth-order valence-corrected chi connectivity index (χ4v) is 3.63. The maximum Gasteiger partial charge on any atom is 0.191 e. The van der Waals surface area contributed by atoms with Crippen molar-refractivity contribution in [1.29, 1.82) is 0 Å². The highest BCUT2D eigenvalue weighted by Crippen LogP contribution is 2.41. The number of halogens is 1. The van der Waals surface area contributed by atoms with Crippen molar-refractivity contribution in [3.05, 3.63) is 89.1 Å². The van der Waals surface area contributed by atoms with Gasteiger partial charge in [0.05, 0.1) is 30.7 Å². The zero-order valence-electron chi connectivity index (χ0n) is 16.6. The molecule has 0 aliphatic heterocycles. The van der Waals surface area contributed by atoms with E-state index in [0.717, 1.165) is 22.1 Å². The molecule has 0 unspecified atom stereocenters. The van der Waals surface area contributed by atoms with Gasteiger partial charge in [0.1, 0.15) is 11.5 Å². The second-order valence-corrected chi connectivity index (χ2v) is 7.16. The van der Waals surface area contributed by atoms with Gasteiger partial charge in [-0.05, 0) is 29.3 Å². The number of fused-ring (bicyclic) bond motifs is 1. The Morgan fingerprint density at radius 3 is 2.33 bits per heavy atom. The van der Waals surface area contributed by atoms with Gasteiger partial charge in [-0.1, -0.05) is 60.1 Å². The summed E-state index contributed by atoms with van der Waals surface area (Å²) in [6.45, 7) is 0. The number of methoxy groups -OCH3 is 2. The SMILES string of the molecule is COc1cc(OC)c2c(-c3ccccc3)c[nH]c2c1C(=O)/C=C/c1ccc(Cl)cc1. The van der Waals surface area contributed by atoms with Gasteiger partial charge in [-0.25, -0.2) is 0 Å². The molecule has 1 heterocycles. The van der Waals surface area contributed by atoms with Gasteiger partial charge >= 0.3 is 0 Å². The van der Waals surface area contributed by atoms with E-state index in [9.17, 15) is 4.79 Å². The molecule has 4 nitrogen and oxygen atoms in total. The first-order chi connectivity index (χ1) is 14.6. The summed E-state index contributed by atoms with van der Waals surface area (Å²) in [6.07, 6.45) is 5.19. The van der Waals surface area contributed by atoms with Gasteiger partial charge in [-0.2, -0.15) is 0 Å². The number of carbonyl (C=O) groups excluding carboxylic acids is 1. The van der Waals surface area contributed by atoms with Crippen LogP contribution < -0.4 is 9.47 Å². The highest BCUT2D eigenvalue weighted by Gasteiger charge is 2.22. The van der Waals surface area contributed by atoms with E-state index in [1.807, 2.05) is 48.7 Å². The molecule has 1 aromatic heterocycles. The molecule has 0 spiro atoms. The van der Waals surface area contributed by atoms with E-state index in [1.165, 1.54) is 6.08 Å². The van der Waals surface area contributed by atoms with E-state index in [-0.39, 0.29) is 5.78 Å². The lowest BCUT2D eigenvalue weighted by Gasteiger charge is -2.12. The van der Waals surface area contributed by atoms with Gasteiger partial charge in [-0.3, -0.25) is 4.79 Å². The van der Waals surface area contributed by atoms with E-state index in [0.29, 0.717) is 27.6 Å². The number of carbonyl (C=O) groups is 1. The molecule has 5 heteroatoms. The largest absolute Gasteiger partial charge is 0.496 e. The number of hydrogen-bond donors (Lipinski definition) is 1. The van der Waals surface area contributed by atoms with Crippen molar-refractivity contribution >= 4 is 34.4 Å². The maximum absolute atomic E-state index is 13.2. The molecule has 0 radical (unpaired) electrons. The van der Waals surface area contributed by atoms with Crippen molar-refractivity contribution in [3.8, 4) is 22.6 Å². The third-order valence-corrected chi connectivity index (χ3v) is 5.21. The normalized spacial score (nSPS) is 11.2. The van der Waals surface area contributed by atoms with Crippen LogP contribution >= 0.6 is 11.6 Å². The predicted octanol–water partition coefficient (Wildman–Crippen LogP) is 6.40. The van der Waals surface area contributed by atoms with Crippen molar-refractivity contribution < 1.29 is 14.3 Å². The second-order valence-electron chi connectivity index (χ2n) is 6.72. The summed E-state index contributed by atoms with van der Waals surface area (Å²) < 4.78 is 11.2. The Morgan fingerprint density at radius 1 is 0.967 bits per heavy atom. The Bertz CT molecular complexity index is 1220. The summed E-state index contributed by atoms with van der Waals surface area (Å²) in [4.78, 5) is 16.4. The summed E-state index contributed by atoms with van der Waals surface area (Å²) in [5, 5.41) is 1.49. The van der Waals surface area contributed by atoms with Crippen LogP contribution in [-0.2, 0) is 0 Å². The van der Waals surface area contributed by atoms with Gasteiger partial charge in [0.15, 0.2) is 5.78 Å². The lowest BCUT2D eigenvalue weighted by molar-refractivity contribution is 0.104. The summed E-state index contributed by atoms with van der Waals surface area (Å²) in [5.74, 6) is 0.919. The number of ketones is 1. The first-order valence-electron chi connectivity index (χ1n) is 9.42. The number of rotatable bonds is 6. The Kier molecular flexibility index (Phi) is 5.59. The van der Waals surface area contributed by atoms with Gasteiger partial charge in [0.25, 0.3) is 0 Å². The summed E-state index contributed by atoms with van der Waals surface area (Å²) in [7, 11) is 3.15. The van der Waals surface area contributed by atoms with Gasteiger partial charge in [0.2, 0.25) is 0 Å². The fraction of sp³-hybridized carbons (Fsp3) is 0.0800. The Labute approximate surface area is 179 Å². The molecule has 0 fully saturated rings. The number of ether oxygens (including phenoxy) is 2. The molecule has 4 rings (SSSR count). The molecule has 3 aromatic carbocycles. The molecule has 0 saturated heterocycles. The average Bonchev–Trinajstić information content (AvgIpc) is 3.23. The Morgan fingerprint density at radius 2 is 1.67 bits per heavy atom. The molecule has 0 bridgehead atoms. The molecule has 0 aliphatic rings. The number of benzene rings is 3. The smallest absolute Gasteiger partial charge is 0.191 e. The van der Waals surface area contributed by atoms with E-state index in [2.05, 4.69) is 4.98 Å². The van der Waals surface area contributed by atoms with Crippen LogP contribution in [0.3, 0.4) is 0 Å². The van der Waals surface area contributed by atoms with Crippen LogP contribution in [0.25, 0.3) is 28.1 Å². The number of H-pyrrole nitrogens is 1. The number of allylic oxidation sites excluding steroid dienone is 1. The standard InChI is InChI=1S/C25H20ClNO3/c1-29-21-14-22(30-2)24(20(28)13-10-16-8-11-18(26)12-9-16)25-23(21)19(15-27-25)17-6-4-3-5-7-17/h3-15,27H,1-2H3/b13-10+. The second kappa shape index (κ2) is 8.47. The van der Waals surface area contributed by atoms with E-state index < -0.39 is 0 Å². The molecule has 0 aliphatic carbocycles. The summed E-state index contributed by atoms with van der Waals surface area (Å²) >= 11 is 5.93.